The zero-order chi connectivity index (χ0) is 15.9. The first-order chi connectivity index (χ1) is 10.5. The summed E-state index contributed by atoms with van der Waals surface area (Å²) in [6.07, 6.45) is 1.14. The van der Waals surface area contributed by atoms with Gasteiger partial charge in [0.25, 0.3) is 0 Å². The monoisotopic (exact) mass is 301 g/mol. The van der Waals surface area contributed by atoms with Gasteiger partial charge in [-0.15, -0.1) is 0 Å². The second kappa shape index (κ2) is 8.11. The molecule has 4 heteroatoms. The molecule has 2 aromatic rings. The van der Waals surface area contributed by atoms with Crippen molar-refractivity contribution in [2.45, 2.75) is 33.4 Å². The van der Waals surface area contributed by atoms with Crippen LogP contribution in [0.3, 0.4) is 0 Å². The van der Waals surface area contributed by atoms with Crippen LogP contribution < -0.4 is 0 Å². The van der Waals surface area contributed by atoms with Crippen molar-refractivity contribution in [2.24, 2.45) is 0 Å². The van der Waals surface area contributed by atoms with Gasteiger partial charge in [-0.05, 0) is 65.2 Å². The smallest absolute Gasteiger partial charge is 0.118 e. The molecule has 0 bridgehead atoms. The first-order valence-electron chi connectivity index (χ1n) is 7.88. The molecule has 22 heavy (non-hydrogen) atoms. The van der Waals surface area contributed by atoms with Crippen molar-refractivity contribution in [3.8, 4) is 0 Å². The Morgan fingerprint density at radius 3 is 2.45 bits per heavy atom. The van der Waals surface area contributed by atoms with Crippen LogP contribution in [0.25, 0.3) is 0 Å². The molecular formula is C18H27N3O. The van der Waals surface area contributed by atoms with E-state index in [0.29, 0.717) is 0 Å². The van der Waals surface area contributed by atoms with Gasteiger partial charge >= 0.3 is 0 Å². The summed E-state index contributed by atoms with van der Waals surface area (Å²) < 4.78 is 5.73. The molecule has 0 radical (unpaired) electrons. The molecule has 2 aromatic heterocycles. The molecular weight excluding hydrogens is 274 g/mol. The third-order valence-corrected chi connectivity index (χ3v) is 3.59. The molecule has 2 heterocycles. The molecule has 0 amide bonds. The molecule has 0 spiro atoms. The summed E-state index contributed by atoms with van der Waals surface area (Å²) in [5.74, 6) is 1.99. The molecule has 0 saturated heterocycles. The Morgan fingerprint density at radius 2 is 1.82 bits per heavy atom. The summed E-state index contributed by atoms with van der Waals surface area (Å²) in [6, 6.07) is 10.3. The highest BCUT2D eigenvalue weighted by molar-refractivity contribution is 5.10. The molecule has 0 fully saturated rings. The van der Waals surface area contributed by atoms with Gasteiger partial charge in [-0.25, -0.2) is 0 Å². The SMILES string of the molecule is Cc1cccc(CN(CCCN(C)C)Cc2ccc(C)o2)n1. The van der Waals surface area contributed by atoms with E-state index in [9.17, 15) is 0 Å². The summed E-state index contributed by atoms with van der Waals surface area (Å²) in [5, 5.41) is 0. The Balaban J connectivity index is 2.00. The lowest BCUT2D eigenvalue weighted by atomic mass is 10.2. The van der Waals surface area contributed by atoms with Gasteiger partial charge < -0.3 is 9.32 Å². The molecule has 0 N–H and O–H groups in total. The third kappa shape index (κ3) is 5.62. The van der Waals surface area contributed by atoms with Crippen LogP contribution in [-0.4, -0.2) is 42.0 Å². The van der Waals surface area contributed by atoms with E-state index < -0.39 is 0 Å². The van der Waals surface area contributed by atoms with Gasteiger partial charge in [0, 0.05) is 18.8 Å². The van der Waals surface area contributed by atoms with Crippen LogP contribution >= 0.6 is 0 Å². The summed E-state index contributed by atoms with van der Waals surface area (Å²) in [4.78, 5) is 9.25. The maximum absolute atomic E-state index is 5.73. The van der Waals surface area contributed by atoms with E-state index in [0.717, 1.165) is 55.5 Å². The maximum Gasteiger partial charge on any atom is 0.118 e. The number of hydrogen-bond acceptors (Lipinski definition) is 4. The summed E-state index contributed by atoms with van der Waals surface area (Å²) in [6.45, 7) is 7.84. The molecule has 0 unspecified atom stereocenters. The van der Waals surface area contributed by atoms with Crippen molar-refractivity contribution in [3.63, 3.8) is 0 Å². The van der Waals surface area contributed by atoms with E-state index in [2.05, 4.69) is 47.1 Å². The second-order valence-electron chi connectivity index (χ2n) is 6.15. The molecule has 0 aliphatic rings. The van der Waals surface area contributed by atoms with Crippen molar-refractivity contribution in [1.29, 1.82) is 0 Å². The van der Waals surface area contributed by atoms with Gasteiger partial charge in [0.2, 0.25) is 0 Å². The Bertz CT molecular complexity index is 577. The van der Waals surface area contributed by atoms with E-state index in [4.69, 9.17) is 4.42 Å². The first-order valence-corrected chi connectivity index (χ1v) is 7.88. The minimum atomic E-state index is 0.830. The number of pyridine rings is 1. The van der Waals surface area contributed by atoms with E-state index in [1.807, 2.05) is 26.0 Å². The van der Waals surface area contributed by atoms with E-state index in [1.165, 1.54) is 0 Å². The molecule has 0 atom stereocenters. The first kappa shape index (κ1) is 16.7. The molecule has 0 saturated carbocycles. The van der Waals surface area contributed by atoms with Gasteiger partial charge in [-0.2, -0.15) is 0 Å². The number of hydrogen-bond donors (Lipinski definition) is 0. The molecule has 120 valence electrons. The fourth-order valence-corrected chi connectivity index (χ4v) is 2.53. The predicted molar refractivity (Wildman–Crippen MR) is 89.7 cm³/mol. The van der Waals surface area contributed by atoms with Crippen LogP contribution in [0, 0.1) is 13.8 Å². The maximum atomic E-state index is 5.73. The summed E-state index contributed by atoms with van der Waals surface area (Å²) in [7, 11) is 4.23. The highest BCUT2D eigenvalue weighted by Crippen LogP contribution is 2.12. The average Bonchev–Trinajstić information content (AvgIpc) is 2.83. The van der Waals surface area contributed by atoms with Crippen LogP contribution in [0.4, 0.5) is 0 Å². The van der Waals surface area contributed by atoms with Gasteiger partial charge in [0.15, 0.2) is 0 Å². The molecule has 4 nitrogen and oxygen atoms in total. The minimum absolute atomic E-state index is 0.830. The highest BCUT2D eigenvalue weighted by atomic mass is 16.3. The van der Waals surface area contributed by atoms with Gasteiger partial charge in [-0.3, -0.25) is 9.88 Å². The predicted octanol–water partition coefficient (Wildman–Crippen LogP) is 3.25. The largest absolute Gasteiger partial charge is 0.465 e. The fraction of sp³-hybridized carbons (Fsp3) is 0.500. The van der Waals surface area contributed by atoms with Crippen molar-refractivity contribution in [2.75, 3.05) is 27.2 Å². The van der Waals surface area contributed by atoms with Crippen molar-refractivity contribution < 1.29 is 4.42 Å². The van der Waals surface area contributed by atoms with Crippen LogP contribution in [0.15, 0.2) is 34.7 Å². The highest BCUT2D eigenvalue weighted by Gasteiger charge is 2.10. The number of nitrogens with zero attached hydrogens (tertiary/aromatic N) is 3. The Hall–Kier alpha value is -1.65. The molecule has 0 aromatic carbocycles. The number of aryl methyl sites for hydroxylation is 2. The van der Waals surface area contributed by atoms with Crippen molar-refractivity contribution >= 4 is 0 Å². The molecule has 0 aliphatic heterocycles. The Kier molecular flexibility index (Phi) is 6.16. The summed E-state index contributed by atoms with van der Waals surface area (Å²) in [5.41, 5.74) is 2.19. The molecule has 2 rings (SSSR count). The van der Waals surface area contributed by atoms with Gasteiger partial charge in [-0.1, -0.05) is 6.07 Å². The topological polar surface area (TPSA) is 32.5 Å². The fourth-order valence-electron chi connectivity index (χ4n) is 2.53. The second-order valence-corrected chi connectivity index (χ2v) is 6.15. The van der Waals surface area contributed by atoms with E-state index in [1.54, 1.807) is 0 Å². The zero-order valence-electron chi connectivity index (χ0n) is 14.2. The van der Waals surface area contributed by atoms with E-state index >= 15 is 0 Å². The molecule has 0 aliphatic carbocycles. The Morgan fingerprint density at radius 1 is 1.00 bits per heavy atom. The lowest BCUT2D eigenvalue weighted by Crippen LogP contribution is -2.27. The standard InChI is InChI=1S/C18H27N3O/c1-15-7-5-8-17(19-15)13-21(12-6-11-20(3)4)14-18-10-9-16(2)22-18/h5,7-10H,6,11-14H2,1-4H3. The average molecular weight is 301 g/mol. The quantitative estimate of drug-likeness (QED) is 0.749. The lowest BCUT2D eigenvalue weighted by molar-refractivity contribution is 0.219. The van der Waals surface area contributed by atoms with E-state index in [-0.39, 0.29) is 0 Å². The minimum Gasteiger partial charge on any atom is -0.465 e. The lowest BCUT2D eigenvalue weighted by Gasteiger charge is -2.22. The Labute approximate surface area is 133 Å². The van der Waals surface area contributed by atoms with Crippen LogP contribution in [0.1, 0.15) is 29.3 Å². The van der Waals surface area contributed by atoms with Gasteiger partial charge in [0.05, 0.1) is 12.2 Å². The summed E-state index contributed by atoms with van der Waals surface area (Å²) >= 11 is 0. The van der Waals surface area contributed by atoms with Crippen LogP contribution in [-0.2, 0) is 13.1 Å². The van der Waals surface area contributed by atoms with Crippen LogP contribution in [0.2, 0.25) is 0 Å². The normalized spacial score (nSPS) is 11.5. The van der Waals surface area contributed by atoms with Crippen molar-refractivity contribution in [1.82, 2.24) is 14.8 Å². The number of rotatable bonds is 8. The number of furan rings is 1. The van der Waals surface area contributed by atoms with Crippen LogP contribution in [0.5, 0.6) is 0 Å². The zero-order valence-corrected chi connectivity index (χ0v) is 14.2. The number of aromatic nitrogens is 1. The van der Waals surface area contributed by atoms with Gasteiger partial charge in [0.1, 0.15) is 11.5 Å². The third-order valence-electron chi connectivity index (χ3n) is 3.59. The van der Waals surface area contributed by atoms with Crippen molar-refractivity contribution in [3.05, 3.63) is 53.2 Å².